The van der Waals surface area contributed by atoms with Crippen LogP contribution in [0.5, 0.6) is 0 Å². The molecule has 0 aromatic rings. The Bertz CT molecular complexity index is 878. The van der Waals surface area contributed by atoms with Crippen molar-refractivity contribution in [2.75, 3.05) is 38.7 Å². The summed E-state index contributed by atoms with van der Waals surface area (Å²) in [5, 5.41) is 0.112. The number of rotatable bonds is 14. The maximum Gasteiger partial charge on any atom is 0.326 e. The fraction of sp³-hybridized carbons (Fsp3) is 0.920. The molecular weight excluding hydrogens is 516 g/mol. The summed E-state index contributed by atoms with van der Waals surface area (Å²) >= 11 is 0. The van der Waals surface area contributed by atoms with Gasteiger partial charge in [-0.25, -0.2) is 0 Å². The predicted octanol–water partition coefficient (Wildman–Crippen LogP) is 3.06. The zero-order valence-corrected chi connectivity index (χ0v) is 26.3. The van der Waals surface area contributed by atoms with E-state index >= 15 is 0 Å². The highest BCUT2D eigenvalue weighted by Crippen LogP contribution is 2.37. The van der Waals surface area contributed by atoms with Crippen molar-refractivity contribution in [3.63, 3.8) is 0 Å². The summed E-state index contributed by atoms with van der Waals surface area (Å²) in [6.45, 7) is 20.4. The number of likely N-dealkylation sites (tertiary alicyclic amines) is 1. The number of nitrogens with zero attached hydrogens (tertiary/aromatic N) is 1. The quantitative estimate of drug-likeness (QED) is 0.146. The van der Waals surface area contributed by atoms with Crippen LogP contribution in [-0.4, -0.2) is 89.9 Å². The van der Waals surface area contributed by atoms with Crippen molar-refractivity contribution in [2.24, 2.45) is 11.1 Å². The maximum absolute atomic E-state index is 12.4. The first kappa shape index (κ1) is 34.0. The van der Waals surface area contributed by atoms with Gasteiger partial charge in [-0.3, -0.25) is 13.8 Å². The summed E-state index contributed by atoms with van der Waals surface area (Å²) in [5.41, 5.74) is 4.83. The molecule has 0 bridgehead atoms. The molecule has 0 aliphatic carbocycles. The molecular formula is C25H50N2O8SSi. The number of carbonyl (C=O) groups excluding carboxylic acids is 2. The Balaban J connectivity index is 2.48. The smallest absolute Gasteiger partial charge is 0.326 e. The van der Waals surface area contributed by atoms with E-state index in [-0.39, 0.29) is 48.5 Å². The molecule has 10 nitrogen and oxygen atoms in total. The molecule has 0 saturated carbocycles. The van der Waals surface area contributed by atoms with Crippen molar-refractivity contribution in [1.82, 2.24) is 4.90 Å². The van der Waals surface area contributed by atoms with Crippen LogP contribution in [0.15, 0.2) is 0 Å². The maximum atomic E-state index is 12.4. The van der Waals surface area contributed by atoms with Gasteiger partial charge < -0.3 is 24.5 Å². The fourth-order valence-electron chi connectivity index (χ4n) is 3.35. The van der Waals surface area contributed by atoms with E-state index in [9.17, 15) is 18.0 Å². The van der Waals surface area contributed by atoms with Crippen LogP contribution in [0.2, 0.25) is 18.1 Å². The minimum Gasteiger partial charge on any atom is -0.459 e. The van der Waals surface area contributed by atoms with Gasteiger partial charge in [0.2, 0.25) is 5.91 Å². The van der Waals surface area contributed by atoms with Crippen molar-refractivity contribution < 1.29 is 36.1 Å². The number of hydrogen-bond donors (Lipinski definition) is 1. The molecule has 2 N–H and O–H groups in total. The summed E-state index contributed by atoms with van der Waals surface area (Å²) in [4.78, 5) is 25.9. The van der Waals surface area contributed by atoms with E-state index in [1.54, 1.807) is 20.8 Å². The minimum absolute atomic E-state index is 0.0475. The van der Waals surface area contributed by atoms with E-state index in [1.165, 1.54) is 4.90 Å². The molecule has 0 aromatic carbocycles. The second-order valence-electron chi connectivity index (χ2n) is 13.2. The first-order chi connectivity index (χ1) is 16.6. The minimum atomic E-state index is -3.80. The molecule has 1 fully saturated rings. The highest BCUT2D eigenvalue weighted by molar-refractivity contribution is 7.86. The lowest BCUT2D eigenvalue weighted by Gasteiger charge is -2.37. The van der Waals surface area contributed by atoms with Crippen LogP contribution in [0.25, 0.3) is 0 Å². The summed E-state index contributed by atoms with van der Waals surface area (Å²) in [6.07, 6.45) is 0.991. The molecule has 1 amide bonds. The van der Waals surface area contributed by atoms with Crippen LogP contribution in [-0.2, 0) is 37.8 Å². The molecule has 0 unspecified atom stereocenters. The van der Waals surface area contributed by atoms with E-state index in [4.69, 9.17) is 23.8 Å². The molecule has 1 aliphatic rings. The van der Waals surface area contributed by atoms with Crippen molar-refractivity contribution in [3.8, 4) is 0 Å². The molecule has 37 heavy (non-hydrogen) atoms. The van der Waals surface area contributed by atoms with Gasteiger partial charge in [0.05, 0.1) is 37.7 Å². The highest BCUT2D eigenvalue weighted by atomic mass is 32.2. The van der Waals surface area contributed by atoms with E-state index in [1.807, 2.05) is 13.8 Å². The highest BCUT2D eigenvalue weighted by Gasteiger charge is 2.39. The fourth-order valence-corrected chi connectivity index (χ4v) is 5.34. The monoisotopic (exact) mass is 566 g/mol. The van der Waals surface area contributed by atoms with Crippen LogP contribution < -0.4 is 5.73 Å². The van der Waals surface area contributed by atoms with Crippen LogP contribution in [0.1, 0.15) is 68.2 Å². The average molecular weight is 567 g/mol. The van der Waals surface area contributed by atoms with Gasteiger partial charge in [-0.05, 0) is 57.2 Å². The van der Waals surface area contributed by atoms with E-state index in [2.05, 4.69) is 33.9 Å². The Hall–Kier alpha value is -1.05. The predicted molar refractivity (Wildman–Crippen MR) is 146 cm³/mol. The normalized spacial score (nSPS) is 20.0. The number of amides is 1. The molecule has 2 atom stereocenters. The third-order valence-corrected chi connectivity index (χ3v) is 12.4. The van der Waals surface area contributed by atoms with E-state index < -0.39 is 42.1 Å². The second-order valence-corrected chi connectivity index (χ2v) is 19.7. The first-order valence-electron chi connectivity index (χ1n) is 12.9. The number of carbonyl (C=O) groups is 2. The molecule has 1 saturated heterocycles. The first-order valence-corrected chi connectivity index (χ1v) is 17.4. The lowest BCUT2D eigenvalue weighted by molar-refractivity contribution is -0.159. The topological polar surface area (TPSA) is 134 Å². The zero-order valence-electron chi connectivity index (χ0n) is 24.5. The third-order valence-electron chi connectivity index (χ3n) is 6.75. The van der Waals surface area contributed by atoms with Crippen LogP contribution >= 0.6 is 0 Å². The Morgan fingerprint density at radius 3 is 2.22 bits per heavy atom. The zero-order chi connectivity index (χ0) is 28.9. The van der Waals surface area contributed by atoms with E-state index in [0.29, 0.717) is 19.4 Å². The molecule has 0 spiro atoms. The van der Waals surface area contributed by atoms with Gasteiger partial charge in [-0.2, -0.15) is 8.42 Å². The van der Waals surface area contributed by atoms with Crippen molar-refractivity contribution in [2.45, 2.75) is 104 Å². The largest absolute Gasteiger partial charge is 0.459 e. The lowest BCUT2D eigenvalue weighted by atomic mass is 9.91. The molecule has 218 valence electrons. The van der Waals surface area contributed by atoms with Gasteiger partial charge in [0.1, 0.15) is 12.1 Å². The van der Waals surface area contributed by atoms with Crippen molar-refractivity contribution in [3.05, 3.63) is 0 Å². The van der Waals surface area contributed by atoms with Gasteiger partial charge in [0.25, 0.3) is 10.1 Å². The summed E-state index contributed by atoms with van der Waals surface area (Å²) in [6, 6.07) is -1.16. The molecule has 1 aliphatic heterocycles. The van der Waals surface area contributed by atoms with Gasteiger partial charge >= 0.3 is 5.97 Å². The Morgan fingerprint density at radius 2 is 1.68 bits per heavy atom. The second kappa shape index (κ2) is 12.9. The summed E-state index contributed by atoms with van der Waals surface area (Å²) < 4.78 is 47.2. The molecule has 1 heterocycles. The molecule has 12 heteroatoms. The van der Waals surface area contributed by atoms with Gasteiger partial charge in [0, 0.05) is 6.61 Å². The van der Waals surface area contributed by atoms with Crippen LogP contribution in [0.4, 0.5) is 0 Å². The molecule has 0 aromatic heterocycles. The lowest BCUT2D eigenvalue weighted by Crippen LogP contribution is -2.43. The van der Waals surface area contributed by atoms with Gasteiger partial charge in [0.15, 0.2) is 8.32 Å². The van der Waals surface area contributed by atoms with Crippen molar-refractivity contribution >= 4 is 30.3 Å². The summed E-state index contributed by atoms with van der Waals surface area (Å²) in [7, 11) is -5.66. The van der Waals surface area contributed by atoms with Gasteiger partial charge in [-0.15, -0.1) is 0 Å². The Morgan fingerprint density at radius 1 is 1.08 bits per heavy atom. The number of ether oxygens (including phenoxy) is 2. The number of nitrogens with two attached hydrogens (primary N) is 1. The van der Waals surface area contributed by atoms with E-state index in [0.717, 1.165) is 0 Å². The molecule has 0 radical (unpaired) electrons. The van der Waals surface area contributed by atoms with Gasteiger partial charge in [-0.1, -0.05) is 34.6 Å². The SMILES string of the molecule is CC(C)(CCO[Si](C)(C)C(C)(C)C)COS(=O)(=O)CCOC[C@@H]1C[C@H](N)C(=O)N1CC(=O)OC(C)(C)C. The number of esters is 1. The Kier molecular flexibility index (Phi) is 11.8. The summed E-state index contributed by atoms with van der Waals surface area (Å²) in [5.74, 6) is -1.20. The standard InChI is InChI=1S/C25H50N2O8SSi/c1-23(2,3)35-21(28)16-27-19(15-20(26)22(27)29)17-32-13-14-36(30,31)33-18-25(7,8)11-12-34-37(9,10)24(4,5)6/h19-20H,11-18,26H2,1-10H3/t19-,20-/m0/s1. The average Bonchev–Trinajstić information content (AvgIpc) is 2.95. The molecule has 1 rings (SSSR count). The van der Waals surface area contributed by atoms with Crippen LogP contribution in [0, 0.1) is 5.41 Å². The number of hydrogen-bond acceptors (Lipinski definition) is 9. The van der Waals surface area contributed by atoms with Crippen LogP contribution in [0.3, 0.4) is 0 Å². The van der Waals surface area contributed by atoms with Crippen molar-refractivity contribution in [1.29, 1.82) is 0 Å². The third kappa shape index (κ3) is 12.1. The Labute approximate surface area is 225 Å².